The van der Waals surface area contributed by atoms with Gasteiger partial charge in [0.2, 0.25) is 0 Å². The predicted octanol–water partition coefficient (Wildman–Crippen LogP) is 2.84. The van der Waals surface area contributed by atoms with E-state index in [2.05, 4.69) is 18.7 Å². The van der Waals surface area contributed by atoms with Crippen LogP contribution in [-0.4, -0.2) is 31.3 Å². The Bertz CT molecular complexity index is 423. The molecule has 1 aromatic rings. The highest BCUT2D eigenvalue weighted by molar-refractivity contribution is 7.80. The van der Waals surface area contributed by atoms with E-state index in [0.29, 0.717) is 28.2 Å². The molecule has 0 aliphatic carbocycles. The number of nitrogens with zero attached hydrogens (tertiary/aromatic N) is 1. The molecule has 1 rings (SSSR count). The van der Waals surface area contributed by atoms with Crippen LogP contribution in [0.25, 0.3) is 0 Å². The Hall–Kier alpha value is -0.840. The van der Waals surface area contributed by atoms with Crippen molar-refractivity contribution in [2.45, 2.75) is 19.9 Å². The van der Waals surface area contributed by atoms with Crippen molar-refractivity contribution in [2.75, 3.05) is 25.2 Å². The van der Waals surface area contributed by atoms with Crippen molar-refractivity contribution in [3.05, 3.63) is 28.8 Å². The van der Waals surface area contributed by atoms with E-state index in [9.17, 15) is 0 Å². The van der Waals surface area contributed by atoms with Crippen LogP contribution in [0.2, 0.25) is 5.02 Å². The van der Waals surface area contributed by atoms with E-state index in [1.807, 2.05) is 18.2 Å². The summed E-state index contributed by atoms with van der Waals surface area (Å²) < 4.78 is 5.12. The third-order valence-electron chi connectivity index (χ3n) is 2.71. The van der Waals surface area contributed by atoms with E-state index >= 15 is 0 Å². The van der Waals surface area contributed by atoms with Gasteiger partial charge in [-0.2, -0.15) is 0 Å². The third kappa shape index (κ3) is 3.83. The summed E-state index contributed by atoms with van der Waals surface area (Å²) in [6.07, 6.45) is 0. The van der Waals surface area contributed by atoms with Gasteiger partial charge in [0, 0.05) is 30.9 Å². The molecule has 0 spiro atoms. The van der Waals surface area contributed by atoms with Crippen molar-refractivity contribution in [3.8, 4) is 0 Å². The molecule has 0 saturated carbocycles. The van der Waals surface area contributed by atoms with Crippen molar-refractivity contribution in [2.24, 2.45) is 5.73 Å². The Balaban J connectivity index is 2.99. The Morgan fingerprint density at radius 3 is 2.61 bits per heavy atom. The van der Waals surface area contributed by atoms with Crippen molar-refractivity contribution < 1.29 is 4.74 Å². The topological polar surface area (TPSA) is 38.5 Å². The molecule has 0 bridgehead atoms. The minimum Gasteiger partial charge on any atom is -0.389 e. The molecule has 0 atom stereocenters. The van der Waals surface area contributed by atoms with E-state index in [-0.39, 0.29) is 0 Å². The number of halogens is 1. The van der Waals surface area contributed by atoms with Gasteiger partial charge in [-0.15, -0.1) is 0 Å². The van der Waals surface area contributed by atoms with Gasteiger partial charge in [-0.25, -0.2) is 0 Å². The van der Waals surface area contributed by atoms with E-state index < -0.39 is 0 Å². The first kappa shape index (κ1) is 15.2. The van der Waals surface area contributed by atoms with Gasteiger partial charge in [0.1, 0.15) is 4.99 Å². The molecule has 0 aliphatic rings. The molecule has 5 heteroatoms. The average Bonchev–Trinajstić information content (AvgIpc) is 2.28. The van der Waals surface area contributed by atoms with E-state index in [1.165, 1.54) is 0 Å². The molecule has 2 N–H and O–H groups in total. The SMILES string of the molecule is COCCN(c1ccc(C(N)=S)c(Cl)c1)C(C)C. The number of rotatable bonds is 6. The van der Waals surface area contributed by atoms with Gasteiger partial charge in [-0.3, -0.25) is 0 Å². The number of benzene rings is 1. The summed E-state index contributed by atoms with van der Waals surface area (Å²) in [6, 6.07) is 6.11. The highest BCUT2D eigenvalue weighted by atomic mass is 35.5. The monoisotopic (exact) mass is 286 g/mol. The molecule has 0 fully saturated rings. The fraction of sp³-hybridized carbons (Fsp3) is 0.462. The quantitative estimate of drug-likeness (QED) is 0.816. The van der Waals surface area contributed by atoms with Crippen LogP contribution in [0, 0.1) is 0 Å². The number of thiocarbonyl (C=S) groups is 1. The molecule has 1 aromatic carbocycles. The lowest BCUT2D eigenvalue weighted by molar-refractivity contribution is 0.204. The van der Waals surface area contributed by atoms with E-state index in [0.717, 1.165) is 12.2 Å². The van der Waals surface area contributed by atoms with Gasteiger partial charge >= 0.3 is 0 Å². The zero-order chi connectivity index (χ0) is 13.7. The molecule has 0 radical (unpaired) electrons. The van der Waals surface area contributed by atoms with Gasteiger partial charge in [0.05, 0.1) is 11.6 Å². The largest absolute Gasteiger partial charge is 0.389 e. The van der Waals surface area contributed by atoms with Gasteiger partial charge in [0.25, 0.3) is 0 Å². The number of hydrogen-bond donors (Lipinski definition) is 1. The second kappa shape index (κ2) is 6.92. The first-order valence-electron chi connectivity index (χ1n) is 5.82. The van der Waals surface area contributed by atoms with E-state index in [4.69, 9.17) is 34.3 Å². The zero-order valence-corrected chi connectivity index (χ0v) is 12.5. The standard InChI is InChI=1S/C13H19ClN2OS/c1-9(2)16(6-7-17-3)10-4-5-11(13(15)18)12(14)8-10/h4-5,8-9H,6-7H2,1-3H3,(H2,15,18). The zero-order valence-electron chi connectivity index (χ0n) is 10.9. The molecule has 0 heterocycles. The van der Waals surface area contributed by atoms with Crippen molar-refractivity contribution in [1.29, 1.82) is 0 Å². The second-order valence-electron chi connectivity index (χ2n) is 4.31. The normalized spacial score (nSPS) is 10.7. The van der Waals surface area contributed by atoms with Gasteiger partial charge in [-0.05, 0) is 32.0 Å². The van der Waals surface area contributed by atoms with Crippen LogP contribution in [0.3, 0.4) is 0 Å². The molecular weight excluding hydrogens is 268 g/mol. The smallest absolute Gasteiger partial charge is 0.105 e. The summed E-state index contributed by atoms with van der Waals surface area (Å²) >= 11 is 11.1. The maximum Gasteiger partial charge on any atom is 0.105 e. The maximum atomic E-state index is 6.18. The first-order chi connectivity index (χ1) is 8.47. The molecule has 0 amide bonds. The number of ether oxygens (including phenoxy) is 1. The Labute approximate surface area is 119 Å². The summed E-state index contributed by atoms with van der Waals surface area (Å²) in [5.74, 6) is 0. The number of hydrogen-bond acceptors (Lipinski definition) is 3. The van der Waals surface area contributed by atoms with E-state index in [1.54, 1.807) is 7.11 Å². The number of methoxy groups -OCH3 is 1. The van der Waals surface area contributed by atoms with Gasteiger partial charge in [0.15, 0.2) is 0 Å². The minimum absolute atomic E-state index is 0.319. The summed E-state index contributed by atoms with van der Waals surface area (Å²) in [6.45, 7) is 5.75. The van der Waals surface area contributed by atoms with Crippen molar-refractivity contribution in [3.63, 3.8) is 0 Å². The minimum atomic E-state index is 0.319. The van der Waals surface area contributed by atoms with Crippen molar-refractivity contribution >= 4 is 34.5 Å². The van der Waals surface area contributed by atoms with Crippen LogP contribution in [0.4, 0.5) is 5.69 Å². The molecule has 100 valence electrons. The summed E-state index contributed by atoms with van der Waals surface area (Å²) in [7, 11) is 1.70. The highest BCUT2D eigenvalue weighted by Gasteiger charge is 2.12. The van der Waals surface area contributed by atoms with Crippen molar-refractivity contribution in [1.82, 2.24) is 0 Å². The number of nitrogens with two attached hydrogens (primary N) is 1. The molecule has 18 heavy (non-hydrogen) atoms. The summed E-state index contributed by atoms with van der Waals surface area (Å²) in [5.41, 5.74) is 7.36. The maximum absolute atomic E-state index is 6.18. The highest BCUT2D eigenvalue weighted by Crippen LogP contribution is 2.25. The fourth-order valence-electron chi connectivity index (χ4n) is 1.76. The molecule has 0 unspecified atom stereocenters. The molecular formula is C13H19ClN2OS. The lowest BCUT2D eigenvalue weighted by Crippen LogP contribution is -2.33. The van der Waals surface area contributed by atoms with Gasteiger partial charge in [-0.1, -0.05) is 23.8 Å². The van der Waals surface area contributed by atoms with Crippen LogP contribution in [0.5, 0.6) is 0 Å². The third-order valence-corrected chi connectivity index (χ3v) is 3.24. The predicted molar refractivity (Wildman–Crippen MR) is 81.7 cm³/mol. The molecule has 0 saturated heterocycles. The Kier molecular flexibility index (Phi) is 5.85. The first-order valence-corrected chi connectivity index (χ1v) is 6.61. The van der Waals surface area contributed by atoms with Crippen LogP contribution >= 0.6 is 23.8 Å². The fourth-order valence-corrected chi connectivity index (χ4v) is 2.27. The number of anilines is 1. The summed E-state index contributed by atoms with van der Waals surface area (Å²) in [5, 5.41) is 0.586. The molecule has 0 aromatic heterocycles. The van der Waals surface area contributed by atoms with Crippen LogP contribution in [-0.2, 0) is 4.74 Å². The average molecular weight is 287 g/mol. The Morgan fingerprint density at radius 2 is 2.17 bits per heavy atom. The van der Waals surface area contributed by atoms with Crippen LogP contribution in [0.1, 0.15) is 19.4 Å². The molecule has 0 aliphatic heterocycles. The lowest BCUT2D eigenvalue weighted by Gasteiger charge is -2.29. The second-order valence-corrected chi connectivity index (χ2v) is 5.16. The van der Waals surface area contributed by atoms with Crippen LogP contribution in [0.15, 0.2) is 18.2 Å². The molecule has 3 nitrogen and oxygen atoms in total. The lowest BCUT2D eigenvalue weighted by atomic mass is 10.1. The van der Waals surface area contributed by atoms with Crippen LogP contribution < -0.4 is 10.6 Å². The Morgan fingerprint density at radius 1 is 1.50 bits per heavy atom. The summed E-state index contributed by atoms with van der Waals surface area (Å²) in [4.78, 5) is 2.54. The van der Waals surface area contributed by atoms with Gasteiger partial charge < -0.3 is 15.4 Å².